The molecule has 0 fully saturated rings. The van der Waals surface area contributed by atoms with E-state index in [1.54, 1.807) is 0 Å². The van der Waals surface area contributed by atoms with Crippen LogP contribution in [0.15, 0.2) is 30.3 Å². The molecule has 0 aliphatic carbocycles. The van der Waals surface area contributed by atoms with Crippen LogP contribution in [-0.2, 0) is 19.1 Å². The second-order valence-corrected chi connectivity index (χ2v) is 34.4. The molecule has 0 aromatic heterocycles. The van der Waals surface area contributed by atoms with E-state index in [0.717, 1.165) is 3.07 Å². The second kappa shape index (κ2) is 4.34. The van der Waals surface area contributed by atoms with Gasteiger partial charge in [0.15, 0.2) is 0 Å². The molecule has 4 heteroatoms. The second-order valence-electron chi connectivity index (χ2n) is 2.97. The number of alkyl halides is 1. The summed E-state index contributed by atoms with van der Waals surface area (Å²) < 4.78 is 15.1. The Morgan fingerprint density at radius 2 is 2.00 bits per heavy atom. The van der Waals surface area contributed by atoms with Crippen LogP contribution in [0, 0.1) is 8.84 Å². The van der Waals surface area contributed by atoms with Crippen LogP contribution >= 0.6 is 11.9 Å². The Morgan fingerprint density at radius 1 is 1.42 bits per heavy atom. The van der Waals surface area contributed by atoms with Crippen molar-refractivity contribution in [3.63, 3.8) is 0 Å². The third-order valence-electron chi connectivity index (χ3n) is 2.00. The third kappa shape index (κ3) is 2.05. The molecule has 0 bridgehead atoms. The van der Waals surface area contributed by atoms with Crippen molar-refractivity contribution in [2.24, 2.45) is 0 Å². The summed E-state index contributed by atoms with van der Waals surface area (Å²) in [6.07, 6.45) is 0. The van der Waals surface area contributed by atoms with Gasteiger partial charge < -0.3 is 0 Å². The number of hydrogen-bond donors (Lipinski definition) is 0. The van der Waals surface area contributed by atoms with E-state index in [2.05, 4.69) is 15.5 Å². The van der Waals surface area contributed by atoms with Crippen molar-refractivity contribution in [2.45, 2.75) is 0 Å². The molecule has 0 radical (unpaired) electrons. The van der Waals surface area contributed by atoms with Crippen molar-refractivity contribution in [1.82, 2.24) is 0 Å². The van der Waals surface area contributed by atoms with Crippen molar-refractivity contribution in [3.05, 3.63) is 30.3 Å². The van der Waals surface area contributed by atoms with Crippen LogP contribution in [0.2, 0.25) is 0 Å². The number of halogens is 2. The SMILES string of the molecule is N#[C][Hg]([Br])([CH2]F)[c]1ccccc1. The van der Waals surface area contributed by atoms with Gasteiger partial charge in [-0.05, 0) is 0 Å². The number of nitrogens with zero attached hydrogens (tertiary/aromatic N) is 1. The molecule has 1 atom stereocenters. The minimum absolute atomic E-state index is 0.493. The van der Waals surface area contributed by atoms with Crippen LogP contribution in [0.1, 0.15) is 0 Å². The summed E-state index contributed by atoms with van der Waals surface area (Å²) >= 11 is -0.345. The first-order valence-corrected chi connectivity index (χ1v) is 25.2. The van der Waals surface area contributed by atoms with Crippen molar-refractivity contribution < 1.29 is 23.4 Å². The normalized spacial score (nSPS) is 12.1. The standard InChI is InChI=1S/C6H5.CH2F.CN.BrH.Hg/c1-2-4-6-5-3-1;2*1-2;;/h1-5H;1H2;;1H;/q;;;;+1/p-1. The Labute approximate surface area is 81.2 Å². The van der Waals surface area contributed by atoms with Crippen LogP contribution in [0.5, 0.6) is 0 Å². The molecule has 0 aliphatic heterocycles. The van der Waals surface area contributed by atoms with Gasteiger partial charge in [0.1, 0.15) is 0 Å². The molecule has 12 heavy (non-hydrogen) atoms. The number of hydrogen-bond acceptors (Lipinski definition) is 1. The third-order valence-corrected chi connectivity index (χ3v) is 23.4. The summed E-state index contributed by atoms with van der Waals surface area (Å²) in [5.41, 5.74) is 0. The summed E-state index contributed by atoms with van der Waals surface area (Å²) in [6, 6.07) is 9.18. The van der Waals surface area contributed by atoms with Gasteiger partial charge in [-0.15, -0.1) is 0 Å². The van der Waals surface area contributed by atoms with Gasteiger partial charge in [-0.3, -0.25) is 0 Å². The first kappa shape index (κ1) is 10.1. The predicted molar refractivity (Wildman–Crippen MR) is 46.6 cm³/mol. The molecule has 1 unspecified atom stereocenters. The van der Waals surface area contributed by atoms with Crippen molar-refractivity contribution >= 4 is 15.0 Å². The molecule has 1 rings (SSSR count). The Kier molecular flexibility index (Phi) is 3.66. The van der Waals surface area contributed by atoms with Gasteiger partial charge in [0, 0.05) is 0 Å². The van der Waals surface area contributed by atoms with Gasteiger partial charge >= 0.3 is 81.8 Å². The average molecular weight is 417 g/mol. The molecule has 0 spiro atoms. The summed E-state index contributed by atoms with van der Waals surface area (Å²) in [4.78, 5) is 0. The zero-order valence-corrected chi connectivity index (χ0v) is 13.6. The van der Waals surface area contributed by atoms with E-state index < -0.39 is 23.2 Å². The van der Waals surface area contributed by atoms with E-state index in [-0.39, 0.29) is 0 Å². The fourth-order valence-corrected chi connectivity index (χ4v) is 10.2. The topological polar surface area (TPSA) is 23.8 Å². The van der Waals surface area contributed by atoms with Crippen LogP contribution in [-0.4, -0.2) is 4.18 Å². The van der Waals surface area contributed by atoms with E-state index >= 15 is 0 Å². The molecular formula is C8H7BrFHgN. The molecular weight excluding hydrogens is 410 g/mol. The molecule has 0 aliphatic rings. The predicted octanol–water partition coefficient (Wildman–Crippen LogP) is 2.18. The zero-order valence-electron chi connectivity index (χ0n) is 6.50. The van der Waals surface area contributed by atoms with E-state index in [9.17, 15) is 4.39 Å². The monoisotopic (exact) mass is 417 g/mol. The van der Waals surface area contributed by atoms with Crippen LogP contribution in [0.3, 0.4) is 0 Å². The molecule has 60 valence electrons. The zero-order chi connectivity index (χ0) is 9.03. The summed E-state index contributed by atoms with van der Waals surface area (Å²) in [7, 11) is 0. The van der Waals surface area contributed by atoms with Gasteiger partial charge in [0.2, 0.25) is 0 Å². The van der Waals surface area contributed by atoms with Gasteiger partial charge in [-0.2, -0.15) is 0 Å². The first-order chi connectivity index (χ1) is 5.73. The van der Waals surface area contributed by atoms with E-state index in [1.807, 2.05) is 30.3 Å². The number of benzene rings is 1. The van der Waals surface area contributed by atoms with E-state index in [4.69, 9.17) is 5.26 Å². The Balaban J connectivity index is 3.06. The molecule has 0 heterocycles. The average Bonchev–Trinajstić information content (AvgIpc) is 2.18. The molecule has 1 nitrogen and oxygen atoms in total. The molecule has 1 aromatic rings. The Bertz CT molecular complexity index is 298. The summed E-state index contributed by atoms with van der Waals surface area (Å²) in [5, 5.41) is 8.81. The molecule has 0 amide bonds. The van der Waals surface area contributed by atoms with Crippen molar-refractivity contribution in [1.29, 1.82) is 5.26 Å². The van der Waals surface area contributed by atoms with Crippen molar-refractivity contribution in [3.8, 4) is 3.58 Å². The van der Waals surface area contributed by atoms with E-state index in [0.29, 0.717) is 0 Å². The molecule has 0 saturated heterocycles. The van der Waals surface area contributed by atoms with Crippen LogP contribution in [0.25, 0.3) is 0 Å². The fourth-order valence-electron chi connectivity index (χ4n) is 1.09. The number of rotatable bonds is 2. The van der Waals surface area contributed by atoms with Gasteiger partial charge in [0.05, 0.1) is 0 Å². The van der Waals surface area contributed by atoms with Gasteiger partial charge in [-0.25, -0.2) is 0 Å². The Hall–Kier alpha value is 0.0551. The maximum absolute atomic E-state index is 12.6. The first-order valence-electron chi connectivity index (χ1n) is 3.88. The van der Waals surface area contributed by atoms with Crippen LogP contribution in [0.4, 0.5) is 4.39 Å². The minimum atomic E-state index is -3.64. The van der Waals surface area contributed by atoms with Gasteiger partial charge in [0.25, 0.3) is 0 Å². The van der Waals surface area contributed by atoms with Gasteiger partial charge in [-0.1, -0.05) is 0 Å². The maximum atomic E-state index is 12.6. The van der Waals surface area contributed by atoms with Crippen LogP contribution < -0.4 is 3.07 Å². The molecule has 0 saturated carbocycles. The fraction of sp³-hybridized carbons (Fsp3) is 0.125. The van der Waals surface area contributed by atoms with E-state index in [1.165, 1.54) is 0 Å². The quantitative estimate of drug-likeness (QED) is 0.678. The summed E-state index contributed by atoms with van der Waals surface area (Å²) in [6.45, 7) is 0. The Morgan fingerprint density at radius 3 is 2.42 bits per heavy atom. The number of nitriles is 1. The summed E-state index contributed by atoms with van der Waals surface area (Å²) in [5.74, 6) is 0. The molecule has 1 aromatic carbocycles. The molecule has 0 N–H and O–H groups in total. The van der Waals surface area contributed by atoms with Crippen molar-refractivity contribution in [2.75, 3.05) is 4.18 Å².